The predicted molar refractivity (Wildman–Crippen MR) is 73.6 cm³/mol. The normalized spacial score (nSPS) is 26.4. The Morgan fingerprint density at radius 1 is 0.938 bits per heavy atom. The number of allylic oxidation sites excluding steroid dienone is 6. The van der Waals surface area contributed by atoms with Gasteiger partial charge in [0, 0.05) is 0 Å². The lowest BCUT2D eigenvalue weighted by atomic mass is 9.98. The Balaban J connectivity index is 2.58. The SMILES string of the molecule is CCC/C1=C/C=C\CC/C(CCC)=C\CC1. The summed E-state index contributed by atoms with van der Waals surface area (Å²) < 4.78 is 0. The fourth-order valence-corrected chi connectivity index (χ4v) is 2.29. The Morgan fingerprint density at radius 3 is 2.38 bits per heavy atom. The van der Waals surface area contributed by atoms with Crippen molar-refractivity contribution >= 4 is 0 Å². The van der Waals surface area contributed by atoms with E-state index >= 15 is 0 Å². The molecule has 0 aliphatic heterocycles. The Labute approximate surface area is 101 Å². The monoisotopic (exact) mass is 218 g/mol. The summed E-state index contributed by atoms with van der Waals surface area (Å²) in [5.41, 5.74) is 3.29. The summed E-state index contributed by atoms with van der Waals surface area (Å²) in [7, 11) is 0. The van der Waals surface area contributed by atoms with Crippen LogP contribution in [0.15, 0.2) is 35.5 Å². The molecule has 0 heteroatoms. The van der Waals surface area contributed by atoms with Crippen LogP contribution in [0.5, 0.6) is 0 Å². The smallest absolute Gasteiger partial charge is 0.0282 e. The van der Waals surface area contributed by atoms with Crippen LogP contribution in [0, 0.1) is 0 Å². The van der Waals surface area contributed by atoms with Crippen LogP contribution in [0.25, 0.3) is 0 Å². The molecule has 0 radical (unpaired) electrons. The predicted octanol–water partition coefficient (Wildman–Crippen LogP) is 5.57. The summed E-state index contributed by atoms with van der Waals surface area (Å²) in [6, 6.07) is 0. The zero-order valence-electron chi connectivity index (χ0n) is 11.0. The lowest BCUT2D eigenvalue weighted by molar-refractivity contribution is 0.791. The summed E-state index contributed by atoms with van der Waals surface area (Å²) in [6.07, 6.45) is 19.5. The third-order valence-corrected chi connectivity index (χ3v) is 3.14. The summed E-state index contributed by atoms with van der Waals surface area (Å²) in [5, 5.41) is 0. The van der Waals surface area contributed by atoms with Crippen LogP contribution >= 0.6 is 0 Å². The minimum absolute atomic E-state index is 1.21. The molecule has 0 amide bonds. The van der Waals surface area contributed by atoms with Crippen molar-refractivity contribution in [1.82, 2.24) is 0 Å². The van der Waals surface area contributed by atoms with E-state index in [1.807, 2.05) is 0 Å². The second kappa shape index (κ2) is 8.38. The van der Waals surface area contributed by atoms with E-state index in [2.05, 4.69) is 38.2 Å². The minimum Gasteiger partial charge on any atom is -0.0850 e. The van der Waals surface area contributed by atoms with Gasteiger partial charge in [-0.15, -0.1) is 0 Å². The van der Waals surface area contributed by atoms with Gasteiger partial charge in [-0.25, -0.2) is 0 Å². The maximum absolute atomic E-state index is 2.49. The quantitative estimate of drug-likeness (QED) is 0.541. The number of rotatable bonds is 4. The molecule has 0 saturated heterocycles. The Bertz CT molecular complexity index is 266. The van der Waals surface area contributed by atoms with E-state index in [4.69, 9.17) is 0 Å². The van der Waals surface area contributed by atoms with Crippen molar-refractivity contribution in [2.75, 3.05) is 0 Å². The van der Waals surface area contributed by atoms with Crippen LogP contribution in [0.4, 0.5) is 0 Å². The molecule has 0 nitrogen and oxygen atoms in total. The molecule has 0 bridgehead atoms. The van der Waals surface area contributed by atoms with E-state index in [9.17, 15) is 0 Å². The summed E-state index contributed by atoms with van der Waals surface area (Å²) in [5.74, 6) is 0. The van der Waals surface area contributed by atoms with E-state index in [0.29, 0.717) is 0 Å². The summed E-state index contributed by atoms with van der Waals surface area (Å²) >= 11 is 0. The molecule has 0 saturated carbocycles. The third kappa shape index (κ3) is 5.34. The van der Waals surface area contributed by atoms with Crippen molar-refractivity contribution in [2.45, 2.75) is 65.2 Å². The summed E-state index contributed by atoms with van der Waals surface area (Å²) in [6.45, 7) is 4.54. The zero-order chi connectivity index (χ0) is 11.6. The molecular formula is C16H26. The van der Waals surface area contributed by atoms with Crippen LogP contribution in [0.3, 0.4) is 0 Å². The van der Waals surface area contributed by atoms with E-state index in [-0.39, 0.29) is 0 Å². The fraction of sp³-hybridized carbons (Fsp3) is 0.625. The van der Waals surface area contributed by atoms with Gasteiger partial charge in [0.1, 0.15) is 0 Å². The van der Waals surface area contributed by atoms with E-state index in [0.717, 1.165) is 0 Å². The largest absolute Gasteiger partial charge is 0.0850 e. The van der Waals surface area contributed by atoms with Gasteiger partial charge in [-0.1, -0.05) is 62.1 Å². The first-order valence-corrected chi connectivity index (χ1v) is 6.89. The van der Waals surface area contributed by atoms with Crippen molar-refractivity contribution < 1.29 is 0 Å². The first-order chi connectivity index (χ1) is 7.86. The van der Waals surface area contributed by atoms with Crippen LogP contribution < -0.4 is 0 Å². The van der Waals surface area contributed by atoms with Crippen molar-refractivity contribution in [3.63, 3.8) is 0 Å². The van der Waals surface area contributed by atoms with Crippen molar-refractivity contribution in [1.29, 1.82) is 0 Å². The van der Waals surface area contributed by atoms with Crippen molar-refractivity contribution in [2.24, 2.45) is 0 Å². The molecule has 0 heterocycles. The Hall–Kier alpha value is -0.780. The van der Waals surface area contributed by atoms with Crippen molar-refractivity contribution in [3.05, 3.63) is 35.5 Å². The molecular weight excluding hydrogens is 192 g/mol. The second-order valence-corrected chi connectivity index (χ2v) is 4.69. The molecule has 0 aromatic rings. The van der Waals surface area contributed by atoms with Gasteiger partial charge < -0.3 is 0 Å². The van der Waals surface area contributed by atoms with Gasteiger partial charge in [0.2, 0.25) is 0 Å². The van der Waals surface area contributed by atoms with Crippen LogP contribution in [0.2, 0.25) is 0 Å². The Morgan fingerprint density at radius 2 is 1.62 bits per heavy atom. The minimum atomic E-state index is 1.21. The molecule has 0 aromatic carbocycles. The standard InChI is InChI=1S/C16H26/c1-3-9-15-11-6-5-7-12-16(10-4-2)14-8-13-15/h5-6,11,14H,3-4,7-10,12-13H2,1-2H3/b6-5-,15-11-,16-14-. The van der Waals surface area contributed by atoms with Crippen LogP contribution in [-0.2, 0) is 0 Å². The van der Waals surface area contributed by atoms with Gasteiger partial charge in [-0.2, -0.15) is 0 Å². The highest BCUT2D eigenvalue weighted by molar-refractivity contribution is 5.16. The lowest BCUT2D eigenvalue weighted by Gasteiger charge is -2.08. The lowest BCUT2D eigenvalue weighted by Crippen LogP contribution is -1.88. The van der Waals surface area contributed by atoms with E-state index in [1.54, 1.807) is 11.1 Å². The first-order valence-electron chi connectivity index (χ1n) is 6.89. The molecule has 0 fully saturated rings. The molecule has 16 heavy (non-hydrogen) atoms. The van der Waals surface area contributed by atoms with Gasteiger partial charge >= 0.3 is 0 Å². The molecule has 1 aliphatic rings. The van der Waals surface area contributed by atoms with Crippen LogP contribution in [0.1, 0.15) is 65.2 Å². The first kappa shape index (κ1) is 13.3. The second-order valence-electron chi connectivity index (χ2n) is 4.69. The van der Waals surface area contributed by atoms with Crippen molar-refractivity contribution in [3.8, 4) is 0 Å². The molecule has 1 rings (SSSR count). The van der Waals surface area contributed by atoms with Gasteiger partial charge in [0.05, 0.1) is 0 Å². The number of hydrogen-bond donors (Lipinski definition) is 0. The zero-order valence-corrected chi connectivity index (χ0v) is 11.0. The highest BCUT2D eigenvalue weighted by Crippen LogP contribution is 2.19. The molecule has 90 valence electrons. The average Bonchev–Trinajstić information content (AvgIpc) is 2.29. The molecule has 0 atom stereocenters. The maximum atomic E-state index is 2.49. The molecule has 1 aliphatic carbocycles. The molecule has 0 spiro atoms. The average molecular weight is 218 g/mol. The van der Waals surface area contributed by atoms with Gasteiger partial charge in [0.25, 0.3) is 0 Å². The maximum Gasteiger partial charge on any atom is -0.0282 e. The van der Waals surface area contributed by atoms with E-state index in [1.165, 1.54) is 51.4 Å². The fourth-order valence-electron chi connectivity index (χ4n) is 2.29. The summed E-state index contributed by atoms with van der Waals surface area (Å²) in [4.78, 5) is 0. The topological polar surface area (TPSA) is 0 Å². The molecule has 0 N–H and O–H groups in total. The van der Waals surface area contributed by atoms with Gasteiger partial charge in [0.15, 0.2) is 0 Å². The molecule has 0 unspecified atom stereocenters. The Kier molecular flexibility index (Phi) is 6.96. The van der Waals surface area contributed by atoms with Gasteiger partial charge in [-0.3, -0.25) is 0 Å². The van der Waals surface area contributed by atoms with Crippen LogP contribution in [-0.4, -0.2) is 0 Å². The third-order valence-electron chi connectivity index (χ3n) is 3.14. The highest BCUT2D eigenvalue weighted by Gasteiger charge is 1.99. The van der Waals surface area contributed by atoms with E-state index < -0.39 is 0 Å². The highest BCUT2D eigenvalue weighted by atomic mass is 14.1. The van der Waals surface area contributed by atoms with Gasteiger partial charge in [-0.05, 0) is 38.5 Å². The molecule has 0 aromatic heterocycles. The number of hydrogen-bond acceptors (Lipinski definition) is 0.